The molecule has 0 aromatic carbocycles. The molecule has 0 aromatic heterocycles. The van der Waals surface area contributed by atoms with Crippen molar-refractivity contribution >= 4 is 5.91 Å². The van der Waals surface area contributed by atoms with E-state index in [-0.39, 0.29) is 17.6 Å². The normalized spacial score (nSPS) is 41.4. The van der Waals surface area contributed by atoms with Crippen molar-refractivity contribution < 1.29 is 9.53 Å². The van der Waals surface area contributed by atoms with Crippen LogP contribution in [0.1, 0.15) is 40.0 Å². The van der Waals surface area contributed by atoms with E-state index in [0.29, 0.717) is 18.4 Å². The van der Waals surface area contributed by atoms with Gasteiger partial charge in [-0.05, 0) is 33.6 Å². The monoisotopic (exact) mass is 197 g/mol. The van der Waals surface area contributed by atoms with E-state index in [1.54, 1.807) is 0 Å². The zero-order chi connectivity index (χ0) is 10.3. The minimum Gasteiger partial charge on any atom is -0.375 e. The van der Waals surface area contributed by atoms with Crippen molar-refractivity contribution in [1.82, 2.24) is 5.32 Å². The van der Waals surface area contributed by atoms with E-state index >= 15 is 0 Å². The third-order valence-electron chi connectivity index (χ3n) is 3.51. The molecule has 0 bridgehead atoms. The van der Waals surface area contributed by atoms with Crippen LogP contribution in [0.25, 0.3) is 0 Å². The molecule has 1 amide bonds. The van der Waals surface area contributed by atoms with E-state index in [1.165, 1.54) is 0 Å². The molecule has 3 unspecified atom stereocenters. The van der Waals surface area contributed by atoms with Crippen molar-refractivity contribution in [3.8, 4) is 0 Å². The second kappa shape index (κ2) is 3.23. The van der Waals surface area contributed by atoms with E-state index in [1.807, 2.05) is 0 Å². The third kappa shape index (κ3) is 1.65. The van der Waals surface area contributed by atoms with E-state index < -0.39 is 0 Å². The molecule has 0 saturated carbocycles. The summed E-state index contributed by atoms with van der Waals surface area (Å²) in [4.78, 5) is 11.3. The number of carbonyl (C=O) groups is 1. The Balaban J connectivity index is 2.07. The minimum absolute atomic E-state index is 0.0915. The van der Waals surface area contributed by atoms with E-state index in [4.69, 9.17) is 4.74 Å². The molecule has 3 atom stereocenters. The average molecular weight is 197 g/mol. The van der Waals surface area contributed by atoms with Gasteiger partial charge in [0.15, 0.2) is 0 Å². The molecule has 0 aromatic rings. The number of amides is 1. The molecular weight excluding hydrogens is 178 g/mol. The summed E-state index contributed by atoms with van der Waals surface area (Å²) in [7, 11) is 0. The largest absolute Gasteiger partial charge is 0.375 e. The fourth-order valence-electron chi connectivity index (χ4n) is 2.68. The van der Waals surface area contributed by atoms with Crippen LogP contribution in [0.2, 0.25) is 0 Å². The van der Waals surface area contributed by atoms with Crippen molar-refractivity contribution in [2.75, 3.05) is 0 Å². The van der Waals surface area contributed by atoms with Gasteiger partial charge in [-0.25, -0.2) is 0 Å². The molecule has 0 radical (unpaired) electrons. The lowest BCUT2D eigenvalue weighted by Gasteiger charge is -2.30. The highest BCUT2D eigenvalue weighted by atomic mass is 16.5. The minimum atomic E-state index is -0.0915. The summed E-state index contributed by atoms with van der Waals surface area (Å²) in [5.74, 6) is 0.517. The fraction of sp³-hybridized carbons (Fsp3) is 0.909. The zero-order valence-electron chi connectivity index (χ0n) is 9.17. The SMILES string of the molecule is CC1CCC(C2CC(=O)NC2(C)C)O1. The molecular formula is C11H19NO2. The number of hydrogen-bond donors (Lipinski definition) is 1. The predicted octanol–water partition coefficient (Wildman–Crippen LogP) is 1.47. The second-order valence-corrected chi connectivity index (χ2v) is 5.14. The van der Waals surface area contributed by atoms with Gasteiger partial charge in [-0.2, -0.15) is 0 Å². The molecule has 2 heterocycles. The standard InChI is InChI=1S/C11H19NO2/c1-7-4-5-9(14-7)8-6-10(13)12-11(8,2)3/h7-9H,4-6H2,1-3H3,(H,12,13). The van der Waals surface area contributed by atoms with Gasteiger partial charge in [0, 0.05) is 17.9 Å². The first kappa shape index (κ1) is 9.97. The van der Waals surface area contributed by atoms with E-state index in [9.17, 15) is 4.79 Å². The first-order valence-corrected chi connectivity index (χ1v) is 5.45. The van der Waals surface area contributed by atoms with Crippen LogP contribution in [-0.2, 0) is 9.53 Å². The van der Waals surface area contributed by atoms with Gasteiger partial charge in [0.05, 0.1) is 12.2 Å². The van der Waals surface area contributed by atoms with Gasteiger partial charge < -0.3 is 10.1 Å². The van der Waals surface area contributed by atoms with Crippen LogP contribution in [0.15, 0.2) is 0 Å². The van der Waals surface area contributed by atoms with Crippen molar-refractivity contribution in [1.29, 1.82) is 0 Å². The first-order chi connectivity index (χ1) is 6.49. The summed E-state index contributed by atoms with van der Waals surface area (Å²) in [6, 6.07) is 0. The van der Waals surface area contributed by atoms with Crippen LogP contribution >= 0.6 is 0 Å². The summed E-state index contributed by atoms with van der Waals surface area (Å²) in [5.41, 5.74) is -0.0915. The molecule has 2 rings (SSSR count). The summed E-state index contributed by atoms with van der Waals surface area (Å²) in [6.45, 7) is 6.29. The van der Waals surface area contributed by atoms with E-state index in [2.05, 4.69) is 26.1 Å². The van der Waals surface area contributed by atoms with Gasteiger partial charge in [0.2, 0.25) is 5.91 Å². The maximum atomic E-state index is 11.3. The number of hydrogen-bond acceptors (Lipinski definition) is 2. The Bertz CT molecular complexity index is 250. The topological polar surface area (TPSA) is 38.3 Å². The Morgan fingerprint density at radius 1 is 1.43 bits per heavy atom. The van der Waals surface area contributed by atoms with Crippen LogP contribution < -0.4 is 5.32 Å². The van der Waals surface area contributed by atoms with Crippen LogP contribution in [-0.4, -0.2) is 23.7 Å². The smallest absolute Gasteiger partial charge is 0.220 e. The highest BCUT2D eigenvalue weighted by Crippen LogP contribution is 2.36. The Labute approximate surface area is 85.2 Å². The quantitative estimate of drug-likeness (QED) is 0.691. The van der Waals surface area contributed by atoms with Crippen LogP contribution in [0.4, 0.5) is 0 Å². The fourth-order valence-corrected chi connectivity index (χ4v) is 2.68. The number of rotatable bonds is 1. The second-order valence-electron chi connectivity index (χ2n) is 5.14. The van der Waals surface area contributed by atoms with Crippen molar-refractivity contribution in [3.63, 3.8) is 0 Å². The highest BCUT2D eigenvalue weighted by molar-refractivity contribution is 5.80. The molecule has 14 heavy (non-hydrogen) atoms. The van der Waals surface area contributed by atoms with Crippen LogP contribution in [0.5, 0.6) is 0 Å². The summed E-state index contributed by atoms with van der Waals surface area (Å²) >= 11 is 0. The Hall–Kier alpha value is -0.570. The lowest BCUT2D eigenvalue weighted by molar-refractivity contribution is -0.119. The van der Waals surface area contributed by atoms with Crippen molar-refractivity contribution in [2.45, 2.75) is 57.8 Å². The summed E-state index contributed by atoms with van der Waals surface area (Å²) in [6.07, 6.45) is 3.51. The number of carbonyl (C=O) groups excluding carboxylic acids is 1. The van der Waals surface area contributed by atoms with Crippen LogP contribution in [0, 0.1) is 5.92 Å². The highest BCUT2D eigenvalue weighted by Gasteiger charge is 2.45. The van der Waals surface area contributed by atoms with Gasteiger partial charge >= 0.3 is 0 Å². The van der Waals surface area contributed by atoms with E-state index in [0.717, 1.165) is 12.8 Å². The number of ether oxygens (including phenoxy) is 1. The molecule has 2 saturated heterocycles. The molecule has 3 heteroatoms. The number of nitrogens with one attached hydrogen (secondary N) is 1. The molecule has 0 spiro atoms. The average Bonchev–Trinajstić information content (AvgIpc) is 2.55. The maximum Gasteiger partial charge on any atom is 0.220 e. The van der Waals surface area contributed by atoms with Gasteiger partial charge in [-0.15, -0.1) is 0 Å². The zero-order valence-corrected chi connectivity index (χ0v) is 9.17. The summed E-state index contributed by atoms with van der Waals surface area (Å²) in [5, 5.41) is 3.02. The predicted molar refractivity (Wildman–Crippen MR) is 53.9 cm³/mol. The Morgan fingerprint density at radius 3 is 2.57 bits per heavy atom. The molecule has 2 aliphatic rings. The third-order valence-corrected chi connectivity index (χ3v) is 3.51. The van der Waals surface area contributed by atoms with Gasteiger partial charge in [-0.1, -0.05) is 0 Å². The lowest BCUT2D eigenvalue weighted by Crippen LogP contribution is -2.43. The molecule has 0 aliphatic carbocycles. The van der Waals surface area contributed by atoms with Crippen molar-refractivity contribution in [3.05, 3.63) is 0 Å². The molecule has 1 N–H and O–H groups in total. The summed E-state index contributed by atoms with van der Waals surface area (Å²) < 4.78 is 5.84. The first-order valence-electron chi connectivity index (χ1n) is 5.45. The lowest BCUT2D eigenvalue weighted by atomic mass is 9.83. The Morgan fingerprint density at radius 2 is 2.14 bits per heavy atom. The van der Waals surface area contributed by atoms with Gasteiger partial charge in [-0.3, -0.25) is 4.79 Å². The molecule has 2 fully saturated rings. The molecule has 80 valence electrons. The molecule has 2 aliphatic heterocycles. The van der Waals surface area contributed by atoms with Gasteiger partial charge in [0.25, 0.3) is 0 Å². The van der Waals surface area contributed by atoms with Crippen LogP contribution in [0.3, 0.4) is 0 Å². The Kier molecular flexibility index (Phi) is 2.30. The molecule has 3 nitrogen and oxygen atoms in total. The maximum absolute atomic E-state index is 11.3. The van der Waals surface area contributed by atoms with Crippen molar-refractivity contribution in [2.24, 2.45) is 5.92 Å². The van der Waals surface area contributed by atoms with Gasteiger partial charge in [0.1, 0.15) is 0 Å².